The number of hydrogen-bond donors (Lipinski definition) is 1. The lowest BCUT2D eigenvalue weighted by molar-refractivity contribution is 0.337. The summed E-state index contributed by atoms with van der Waals surface area (Å²) >= 11 is 0. The molecule has 1 aromatic heterocycles. The molecule has 116 valence electrons. The molecule has 1 aromatic rings. The number of fused-ring (bicyclic) bond motifs is 2. The van der Waals surface area contributed by atoms with E-state index in [0.717, 1.165) is 30.0 Å². The average molecular weight is 287 g/mol. The summed E-state index contributed by atoms with van der Waals surface area (Å²) in [6.07, 6.45) is 8.78. The van der Waals surface area contributed by atoms with Crippen molar-refractivity contribution in [2.24, 2.45) is 23.5 Å². The van der Waals surface area contributed by atoms with Crippen molar-refractivity contribution >= 4 is 5.82 Å². The molecule has 0 aromatic carbocycles. The SMILES string of the molecule is Cc1cc(CC(C)N)cnc1N(C)CC1CC2CCC1C2. The Hall–Kier alpha value is -1.09. The molecule has 3 rings (SSSR count). The zero-order valence-corrected chi connectivity index (χ0v) is 13.7. The first-order valence-corrected chi connectivity index (χ1v) is 8.45. The van der Waals surface area contributed by atoms with Crippen LogP contribution in [-0.4, -0.2) is 24.6 Å². The van der Waals surface area contributed by atoms with Crippen LogP contribution in [0.25, 0.3) is 0 Å². The Kier molecular flexibility index (Phi) is 4.21. The third-order valence-corrected chi connectivity index (χ3v) is 5.42. The van der Waals surface area contributed by atoms with Gasteiger partial charge in [0.15, 0.2) is 0 Å². The first kappa shape index (κ1) is 14.8. The van der Waals surface area contributed by atoms with Crippen molar-refractivity contribution < 1.29 is 0 Å². The molecular formula is C18H29N3. The van der Waals surface area contributed by atoms with Gasteiger partial charge in [0.2, 0.25) is 0 Å². The van der Waals surface area contributed by atoms with Gasteiger partial charge in [0.25, 0.3) is 0 Å². The summed E-state index contributed by atoms with van der Waals surface area (Å²) in [7, 11) is 2.20. The smallest absolute Gasteiger partial charge is 0.131 e. The van der Waals surface area contributed by atoms with Crippen LogP contribution in [0.3, 0.4) is 0 Å². The van der Waals surface area contributed by atoms with E-state index in [4.69, 9.17) is 10.7 Å². The molecule has 4 atom stereocenters. The van der Waals surface area contributed by atoms with Crippen LogP contribution in [0.4, 0.5) is 5.82 Å². The molecule has 0 aliphatic heterocycles. The number of rotatable bonds is 5. The van der Waals surface area contributed by atoms with E-state index in [0.29, 0.717) is 0 Å². The maximum atomic E-state index is 5.88. The molecule has 1 heterocycles. The van der Waals surface area contributed by atoms with Crippen LogP contribution in [0.1, 0.15) is 43.7 Å². The summed E-state index contributed by atoms with van der Waals surface area (Å²) in [5.41, 5.74) is 8.40. The highest BCUT2D eigenvalue weighted by Crippen LogP contribution is 2.48. The maximum Gasteiger partial charge on any atom is 0.131 e. The molecule has 21 heavy (non-hydrogen) atoms. The van der Waals surface area contributed by atoms with Crippen molar-refractivity contribution in [2.45, 2.75) is 52.0 Å². The Labute approximate surface area is 128 Å². The topological polar surface area (TPSA) is 42.1 Å². The van der Waals surface area contributed by atoms with Crippen LogP contribution in [0.15, 0.2) is 12.3 Å². The van der Waals surface area contributed by atoms with Crippen LogP contribution < -0.4 is 10.6 Å². The number of nitrogens with zero attached hydrogens (tertiary/aromatic N) is 2. The van der Waals surface area contributed by atoms with Gasteiger partial charge in [0, 0.05) is 25.8 Å². The van der Waals surface area contributed by atoms with Gasteiger partial charge >= 0.3 is 0 Å². The fourth-order valence-electron chi connectivity index (χ4n) is 4.55. The van der Waals surface area contributed by atoms with Gasteiger partial charge < -0.3 is 10.6 Å². The van der Waals surface area contributed by atoms with Gasteiger partial charge in [-0.1, -0.05) is 12.5 Å². The van der Waals surface area contributed by atoms with Gasteiger partial charge in [-0.15, -0.1) is 0 Å². The summed E-state index contributed by atoms with van der Waals surface area (Å²) in [5.74, 6) is 4.04. The van der Waals surface area contributed by atoms with Crippen LogP contribution in [0, 0.1) is 24.7 Å². The van der Waals surface area contributed by atoms with Gasteiger partial charge in [0.1, 0.15) is 5.82 Å². The lowest BCUT2D eigenvalue weighted by Gasteiger charge is -2.29. The zero-order chi connectivity index (χ0) is 15.0. The Morgan fingerprint density at radius 1 is 1.38 bits per heavy atom. The van der Waals surface area contributed by atoms with Gasteiger partial charge in [-0.2, -0.15) is 0 Å². The van der Waals surface area contributed by atoms with Crippen molar-refractivity contribution in [3.8, 4) is 0 Å². The fraction of sp³-hybridized carbons (Fsp3) is 0.722. The Bertz CT molecular complexity index is 497. The van der Waals surface area contributed by atoms with E-state index in [1.807, 2.05) is 13.1 Å². The van der Waals surface area contributed by atoms with E-state index in [-0.39, 0.29) is 6.04 Å². The first-order chi connectivity index (χ1) is 10.0. The summed E-state index contributed by atoms with van der Waals surface area (Å²) in [4.78, 5) is 7.08. The molecule has 2 saturated carbocycles. The van der Waals surface area contributed by atoms with E-state index in [1.165, 1.54) is 43.4 Å². The molecule has 0 spiro atoms. The zero-order valence-electron chi connectivity index (χ0n) is 13.7. The molecule has 2 N–H and O–H groups in total. The first-order valence-electron chi connectivity index (χ1n) is 8.45. The molecule has 2 aliphatic rings. The molecule has 0 radical (unpaired) electrons. The summed E-state index contributed by atoms with van der Waals surface area (Å²) in [6, 6.07) is 2.45. The second kappa shape index (κ2) is 5.96. The predicted molar refractivity (Wildman–Crippen MR) is 88.5 cm³/mol. The van der Waals surface area contributed by atoms with Crippen molar-refractivity contribution in [3.63, 3.8) is 0 Å². The fourth-order valence-corrected chi connectivity index (χ4v) is 4.55. The largest absolute Gasteiger partial charge is 0.359 e. The average Bonchev–Trinajstić information content (AvgIpc) is 3.00. The predicted octanol–water partition coefficient (Wildman–Crippen LogP) is 3.15. The van der Waals surface area contributed by atoms with Gasteiger partial charge in [0.05, 0.1) is 0 Å². The van der Waals surface area contributed by atoms with Gasteiger partial charge in [-0.25, -0.2) is 4.98 Å². The highest BCUT2D eigenvalue weighted by molar-refractivity contribution is 5.46. The number of aromatic nitrogens is 1. The molecule has 0 amide bonds. The minimum atomic E-state index is 0.198. The molecule has 3 heteroatoms. The van der Waals surface area contributed by atoms with Gasteiger partial charge in [-0.05, 0) is 68.4 Å². The van der Waals surface area contributed by atoms with Crippen LogP contribution in [0.2, 0.25) is 0 Å². The second-order valence-electron chi connectivity index (χ2n) is 7.48. The molecule has 2 bridgehead atoms. The van der Waals surface area contributed by atoms with Crippen molar-refractivity contribution in [1.82, 2.24) is 4.98 Å². The normalized spacial score (nSPS) is 28.9. The maximum absolute atomic E-state index is 5.88. The molecule has 3 nitrogen and oxygen atoms in total. The summed E-state index contributed by atoms with van der Waals surface area (Å²) < 4.78 is 0. The van der Waals surface area contributed by atoms with Gasteiger partial charge in [-0.3, -0.25) is 0 Å². The number of anilines is 1. The van der Waals surface area contributed by atoms with Crippen LogP contribution >= 0.6 is 0 Å². The third-order valence-electron chi connectivity index (χ3n) is 5.42. The van der Waals surface area contributed by atoms with E-state index in [1.54, 1.807) is 0 Å². The molecule has 4 unspecified atom stereocenters. The molecule has 2 fully saturated rings. The quantitative estimate of drug-likeness (QED) is 0.904. The summed E-state index contributed by atoms with van der Waals surface area (Å²) in [6.45, 7) is 5.39. The Morgan fingerprint density at radius 3 is 2.76 bits per heavy atom. The number of aryl methyl sites for hydroxylation is 1. The lowest BCUT2D eigenvalue weighted by Crippen LogP contribution is -2.29. The minimum absolute atomic E-state index is 0.198. The number of pyridine rings is 1. The molecular weight excluding hydrogens is 258 g/mol. The van der Waals surface area contributed by atoms with E-state index < -0.39 is 0 Å². The number of hydrogen-bond acceptors (Lipinski definition) is 3. The number of nitrogens with two attached hydrogens (primary N) is 1. The third kappa shape index (κ3) is 3.23. The lowest BCUT2D eigenvalue weighted by atomic mass is 9.88. The monoisotopic (exact) mass is 287 g/mol. The summed E-state index contributed by atoms with van der Waals surface area (Å²) in [5, 5.41) is 0. The van der Waals surface area contributed by atoms with Crippen molar-refractivity contribution in [2.75, 3.05) is 18.5 Å². The standard InChI is InChI=1S/C18H29N3/c1-12-6-15(7-13(2)19)10-20-18(12)21(3)11-17-9-14-4-5-16(17)8-14/h6,10,13-14,16-17H,4-5,7-9,11,19H2,1-3H3. The van der Waals surface area contributed by atoms with Crippen LogP contribution in [0.5, 0.6) is 0 Å². The Morgan fingerprint density at radius 2 is 2.19 bits per heavy atom. The minimum Gasteiger partial charge on any atom is -0.359 e. The Balaban J connectivity index is 1.65. The highest BCUT2D eigenvalue weighted by Gasteiger charge is 2.39. The van der Waals surface area contributed by atoms with Crippen LogP contribution in [-0.2, 0) is 6.42 Å². The second-order valence-corrected chi connectivity index (χ2v) is 7.48. The van der Waals surface area contributed by atoms with Crippen molar-refractivity contribution in [3.05, 3.63) is 23.4 Å². The highest BCUT2D eigenvalue weighted by atomic mass is 15.2. The molecule has 2 aliphatic carbocycles. The van der Waals surface area contributed by atoms with E-state index >= 15 is 0 Å². The molecule has 0 saturated heterocycles. The van der Waals surface area contributed by atoms with Crippen molar-refractivity contribution in [1.29, 1.82) is 0 Å². The van der Waals surface area contributed by atoms with E-state index in [2.05, 4.69) is 24.9 Å². The van der Waals surface area contributed by atoms with E-state index in [9.17, 15) is 0 Å².